The molecule has 0 spiro atoms. The lowest BCUT2D eigenvalue weighted by Crippen LogP contribution is -2.33. The van der Waals surface area contributed by atoms with Crippen LogP contribution in [0, 0.1) is 0 Å². The molecule has 0 amide bonds. The van der Waals surface area contributed by atoms with Crippen LogP contribution in [0.2, 0.25) is 0 Å². The first kappa shape index (κ1) is 13.6. The first-order valence-corrected chi connectivity index (χ1v) is 7.05. The number of aromatic nitrogens is 3. The molecule has 0 radical (unpaired) electrons. The summed E-state index contributed by atoms with van der Waals surface area (Å²) in [6.07, 6.45) is 6.86. The molecule has 2 aromatic rings. The Morgan fingerprint density at radius 3 is 2.79 bits per heavy atom. The van der Waals surface area contributed by atoms with E-state index < -0.39 is 0 Å². The molecule has 5 heteroatoms. The van der Waals surface area contributed by atoms with E-state index in [1.54, 1.807) is 0 Å². The van der Waals surface area contributed by atoms with Crippen molar-refractivity contribution < 1.29 is 0 Å². The zero-order valence-electron chi connectivity index (χ0n) is 12.2. The number of hydrogen-bond donors (Lipinski definition) is 1. The van der Waals surface area contributed by atoms with Crippen molar-refractivity contribution >= 4 is 17.3 Å². The van der Waals surface area contributed by atoms with Crippen molar-refractivity contribution in [2.45, 2.75) is 40.2 Å². The Morgan fingerprint density at radius 1 is 1.37 bits per heavy atom. The van der Waals surface area contributed by atoms with Gasteiger partial charge in [0.15, 0.2) is 11.5 Å². The normalized spacial score (nSPS) is 12.6. The lowest BCUT2D eigenvalue weighted by molar-refractivity contribution is 0.623. The molecule has 0 aliphatic rings. The maximum absolute atomic E-state index is 4.73. The Balaban J connectivity index is 2.52. The van der Waals surface area contributed by atoms with Crippen LogP contribution in [0.3, 0.4) is 0 Å². The highest BCUT2D eigenvalue weighted by molar-refractivity contribution is 5.67. The molecular formula is C14H23N5. The van der Waals surface area contributed by atoms with Crippen molar-refractivity contribution in [1.82, 2.24) is 14.4 Å². The van der Waals surface area contributed by atoms with Crippen molar-refractivity contribution in [2.24, 2.45) is 0 Å². The van der Waals surface area contributed by atoms with Crippen LogP contribution in [0.5, 0.6) is 0 Å². The predicted octanol–water partition coefficient (Wildman–Crippen LogP) is 2.79. The quantitative estimate of drug-likeness (QED) is 0.868. The highest BCUT2D eigenvalue weighted by atomic mass is 15.3. The molecule has 2 heterocycles. The van der Waals surface area contributed by atoms with Gasteiger partial charge < -0.3 is 14.6 Å². The molecule has 5 nitrogen and oxygen atoms in total. The van der Waals surface area contributed by atoms with Crippen LogP contribution in [0.25, 0.3) is 5.65 Å². The zero-order valence-corrected chi connectivity index (χ0v) is 12.2. The van der Waals surface area contributed by atoms with Gasteiger partial charge in [-0.3, -0.25) is 0 Å². The summed E-state index contributed by atoms with van der Waals surface area (Å²) < 4.78 is 2.03. The van der Waals surface area contributed by atoms with E-state index in [0.29, 0.717) is 6.04 Å². The molecule has 0 saturated carbocycles. The SMILES string of the molecule is CCNc1cn2ccnc2c(N(CC)C(C)CC)n1. The topological polar surface area (TPSA) is 45.5 Å². The van der Waals surface area contributed by atoms with Gasteiger partial charge >= 0.3 is 0 Å². The average Bonchev–Trinajstić information content (AvgIpc) is 2.88. The third-order valence-corrected chi connectivity index (χ3v) is 3.45. The van der Waals surface area contributed by atoms with Crippen molar-refractivity contribution in [1.29, 1.82) is 0 Å². The largest absolute Gasteiger partial charge is 0.369 e. The zero-order chi connectivity index (χ0) is 13.8. The molecule has 19 heavy (non-hydrogen) atoms. The van der Waals surface area contributed by atoms with Gasteiger partial charge in [0, 0.05) is 31.5 Å². The smallest absolute Gasteiger partial charge is 0.180 e. The van der Waals surface area contributed by atoms with Crippen molar-refractivity contribution in [3.63, 3.8) is 0 Å². The molecule has 104 valence electrons. The first-order valence-electron chi connectivity index (χ1n) is 7.05. The van der Waals surface area contributed by atoms with Gasteiger partial charge in [0.05, 0.1) is 6.20 Å². The van der Waals surface area contributed by atoms with E-state index in [4.69, 9.17) is 4.98 Å². The van der Waals surface area contributed by atoms with Crippen LogP contribution in [-0.2, 0) is 0 Å². The Morgan fingerprint density at radius 2 is 2.16 bits per heavy atom. The molecule has 0 aliphatic heterocycles. The fraction of sp³-hybridized carbons (Fsp3) is 0.571. The Hall–Kier alpha value is -1.78. The summed E-state index contributed by atoms with van der Waals surface area (Å²) in [5.74, 6) is 1.85. The summed E-state index contributed by atoms with van der Waals surface area (Å²) in [5.41, 5.74) is 0.920. The molecule has 0 aromatic carbocycles. The minimum absolute atomic E-state index is 0.454. The highest BCUT2D eigenvalue weighted by Gasteiger charge is 2.17. The second kappa shape index (κ2) is 5.91. The monoisotopic (exact) mass is 261 g/mol. The molecule has 1 N–H and O–H groups in total. The van der Waals surface area contributed by atoms with Crippen LogP contribution in [0.15, 0.2) is 18.6 Å². The third-order valence-electron chi connectivity index (χ3n) is 3.45. The first-order chi connectivity index (χ1) is 9.21. The molecule has 0 fully saturated rings. The fourth-order valence-electron chi connectivity index (χ4n) is 2.26. The Kier molecular flexibility index (Phi) is 4.24. The van der Waals surface area contributed by atoms with Gasteiger partial charge in [-0.25, -0.2) is 9.97 Å². The standard InChI is InChI=1S/C14H23N5/c1-5-11(4)19(7-3)14-13-16-8-9-18(13)10-12(17-14)15-6-2/h8-11,15H,5-7H2,1-4H3. The molecule has 0 bridgehead atoms. The number of rotatable bonds is 6. The molecule has 1 atom stereocenters. The molecule has 2 aromatic heterocycles. The summed E-state index contributed by atoms with van der Waals surface area (Å²) in [6, 6.07) is 0.454. The average molecular weight is 261 g/mol. The summed E-state index contributed by atoms with van der Waals surface area (Å²) in [5, 5.41) is 3.28. The molecule has 1 unspecified atom stereocenters. The van der Waals surface area contributed by atoms with Gasteiger partial charge in [-0.1, -0.05) is 6.92 Å². The number of imidazole rings is 1. The van der Waals surface area contributed by atoms with Crippen molar-refractivity contribution in [3.8, 4) is 0 Å². The number of nitrogens with zero attached hydrogens (tertiary/aromatic N) is 4. The predicted molar refractivity (Wildman–Crippen MR) is 79.9 cm³/mol. The lowest BCUT2D eigenvalue weighted by Gasteiger charge is -2.28. The summed E-state index contributed by atoms with van der Waals surface area (Å²) in [6.45, 7) is 10.5. The van der Waals surface area contributed by atoms with Gasteiger partial charge in [0.1, 0.15) is 5.82 Å². The lowest BCUT2D eigenvalue weighted by atomic mass is 10.2. The molecular weight excluding hydrogens is 238 g/mol. The van der Waals surface area contributed by atoms with E-state index in [1.165, 1.54) is 0 Å². The van der Waals surface area contributed by atoms with Gasteiger partial charge in [-0.05, 0) is 27.2 Å². The second-order valence-electron chi connectivity index (χ2n) is 4.68. The third kappa shape index (κ3) is 2.64. The van der Waals surface area contributed by atoms with E-state index in [0.717, 1.165) is 36.8 Å². The Labute approximate surface area is 114 Å². The van der Waals surface area contributed by atoms with Crippen LogP contribution in [-0.4, -0.2) is 33.5 Å². The number of hydrogen-bond acceptors (Lipinski definition) is 4. The number of fused-ring (bicyclic) bond motifs is 1. The minimum atomic E-state index is 0.454. The van der Waals surface area contributed by atoms with E-state index in [-0.39, 0.29) is 0 Å². The van der Waals surface area contributed by atoms with E-state index >= 15 is 0 Å². The van der Waals surface area contributed by atoms with Gasteiger partial charge in [0.2, 0.25) is 0 Å². The van der Waals surface area contributed by atoms with Crippen molar-refractivity contribution in [3.05, 3.63) is 18.6 Å². The summed E-state index contributed by atoms with van der Waals surface area (Å²) >= 11 is 0. The van der Waals surface area contributed by atoms with E-state index in [9.17, 15) is 0 Å². The van der Waals surface area contributed by atoms with Crippen LogP contribution < -0.4 is 10.2 Å². The fourth-order valence-corrected chi connectivity index (χ4v) is 2.26. The van der Waals surface area contributed by atoms with Crippen LogP contribution in [0.1, 0.15) is 34.1 Å². The molecule has 2 rings (SSSR count). The van der Waals surface area contributed by atoms with E-state index in [2.05, 4.69) is 42.9 Å². The van der Waals surface area contributed by atoms with Crippen LogP contribution in [0.4, 0.5) is 11.6 Å². The van der Waals surface area contributed by atoms with Crippen LogP contribution >= 0.6 is 0 Å². The summed E-state index contributed by atoms with van der Waals surface area (Å²) in [7, 11) is 0. The maximum atomic E-state index is 4.73. The number of nitrogens with one attached hydrogen (secondary N) is 1. The second-order valence-corrected chi connectivity index (χ2v) is 4.68. The van der Waals surface area contributed by atoms with Gasteiger partial charge in [0.25, 0.3) is 0 Å². The highest BCUT2D eigenvalue weighted by Crippen LogP contribution is 2.23. The molecule has 0 aliphatic carbocycles. The van der Waals surface area contributed by atoms with Gasteiger partial charge in [-0.2, -0.15) is 0 Å². The minimum Gasteiger partial charge on any atom is -0.369 e. The Bertz CT molecular complexity index is 534. The summed E-state index contributed by atoms with van der Waals surface area (Å²) in [4.78, 5) is 11.5. The van der Waals surface area contributed by atoms with E-state index in [1.807, 2.05) is 23.0 Å². The van der Waals surface area contributed by atoms with Crippen molar-refractivity contribution in [2.75, 3.05) is 23.3 Å². The van der Waals surface area contributed by atoms with Gasteiger partial charge in [-0.15, -0.1) is 0 Å². The maximum Gasteiger partial charge on any atom is 0.180 e. The molecule has 0 saturated heterocycles. The number of anilines is 2.